The third kappa shape index (κ3) is 3.59. The van der Waals surface area contributed by atoms with Gasteiger partial charge in [-0.25, -0.2) is 4.79 Å². The molecular weight excluding hydrogens is 384 g/mol. The number of hydrogen-bond donors (Lipinski definition) is 0. The van der Waals surface area contributed by atoms with E-state index in [0.29, 0.717) is 27.9 Å². The Hall–Kier alpha value is -2.31. The van der Waals surface area contributed by atoms with E-state index in [2.05, 4.69) is 4.99 Å². The highest BCUT2D eigenvalue weighted by molar-refractivity contribution is 8.14. The molecule has 0 saturated heterocycles. The molecule has 0 radical (unpaired) electrons. The number of esters is 1. The lowest BCUT2D eigenvalue weighted by Crippen LogP contribution is -2.46. The monoisotopic (exact) mass is 400 g/mol. The van der Waals surface area contributed by atoms with E-state index in [4.69, 9.17) is 16.3 Å². The molecule has 0 bridgehead atoms. The predicted molar refractivity (Wildman–Crippen MR) is 108 cm³/mol. The van der Waals surface area contributed by atoms with E-state index in [-0.39, 0.29) is 11.9 Å². The summed E-state index contributed by atoms with van der Waals surface area (Å²) < 4.78 is 5.47. The largest absolute Gasteiger partial charge is 0.448 e. The minimum atomic E-state index is -0.887. The van der Waals surface area contributed by atoms with E-state index in [1.54, 1.807) is 36.4 Å². The average molecular weight is 401 g/mol. The van der Waals surface area contributed by atoms with Gasteiger partial charge in [0, 0.05) is 17.2 Å². The Kier molecular flexibility index (Phi) is 4.93. The van der Waals surface area contributed by atoms with Crippen molar-refractivity contribution in [2.45, 2.75) is 25.5 Å². The normalized spacial score (nSPS) is 21.3. The van der Waals surface area contributed by atoms with Crippen molar-refractivity contribution in [1.82, 2.24) is 0 Å². The van der Waals surface area contributed by atoms with Crippen molar-refractivity contribution in [3.63, 3.8) is 0 Å². The number of amides is 1. The van der Waals surface area contributed by atoms with E-state index in [1.165, 1.54) is 16.7 Å². The first-order valence-electron chi connectivity index (χ1n) is 8.62. The number of carbonyl (C=O) groups excluding carboxylic acids is 2. The van der Waals surface area contributed by atoms with E-state index in [9.17, 15) is 9.59 Å². The van der Waals surface area contributed by atoms with Crippen LogP contribution in [-0.2, 0) is 16.0 Å². The number of benzene rings is 2. The Balaban J connectivity index is 1.68. The molecule has 0 spiro atoms. The lowest BCUT2D eigenvalue weighted by Gasteiger charge is -2.29. The van der Waals surface area contributed by atoms with Crippen molar-refractivity contribution in [3.8, 4) is 0 Å². The average Bonchev–Trinajstić information content (AvgIpc) is 3.09. The van der Waals surface area contributed by atoms with Gasteiger partial charge in [0.05, 0.1) is 17.3 Å². The second-order valence-corrected chi connectivity index (χ2v) is 7.90. The van der Waals surface area contributed by atoms with Crippen LogP contribution in [0.1, 0.15) is 22.8 Å². The highest BCUT2D eigenvalue weighted by Gasteiger charge is 2.37. The number of cyclic esters (lactones) is 1. The lowest BCUT2D eigenvalue weighted by molar-refractivity contribution is -0.126. The second kappa shape index (κ2) is 7.37. The lowest BCUT2D eigenvalue weighted by atomic mass is 9.98. The molecule has 2 heterocycles. The molecule has 0 N–H and O–H groups in total. The van der Waals surface area contributed by atoms with Gasteiger partial charge in [0.1, 0.15) is 0 Å². The molecule has 5 nitrogen and oxygen atoms in total. The first-order chi connectivity index (χ1) is 13.0. The molecule has 2 aliphatic heterocycles. The van der Waals surface area contributed by atoms with Gasteiger partial charge in [-0.1, -0.05) is 41.6 Å². The predicted octanol–water partition coefficient (Wildman–Crippen LogP) is 3.95. The molecule has 1 amide bonds. The zero-order chi connectivity index (χ0) is 19.0. The van der Waals surface area contributed by atoms with Crippen LogP contribution in [0.4, 0.5) is 5.69 Å². The fourth-order valence-corrected chi connectivity index (χ4v) is 4.29. The molecule has 0 saturated carbocycles. The standard InChI is InChI=1S/C20H17ClN2O3S/c1-12-11-27-20(22-12)23(15-8-6-14(21)7-9-15)18(24)17-10-13-4-2-3-5-16(13)19(25)26-17/h2-9,12,17H,10-11H2,1H3. The van der Waals surface area contributed by atoms with E-state index >= 15 is 0 Å². The summed E-state index contributed by atoms with van der Waals surface area (Å²) in [6.45, 7) is 2.00. The smallest absolute Gasteiger partial charge is 0.339 e. The highest BCUT2D eigenvalue weighted by Crippen LogP contribution is 2.30. The number of carbonyl (C=O) groups is 2. The summed E-state index contributed by atoms with van der Waals surface area (Å²) in [4.78, 5) is 31.8. The highest BCUT2D eigenvalue weighted by atomic mass is 35.5. The Morgan fingerprint density at radius 1 is 1.22 bits per heavy atom. The van der Waals surface area contributed by atoms with Crippen LogP contribution < -0.4 is 4.90 Å². The third-order valence-corrected chi connectivity index (χ3v) is 5.90. The number of nitrogens with zero attached hydrogens (tertiary/aromatic N) is 2. The summed E-state index contributed by atoms with van der Waals surface area (Å²) >= 11 is 7.51. The minimum Gasteiger partial charge on any atom is -0.448 e. The Morgan fingerprint density at radius 2 is 1.96 bits per heavy atom. The zero-order valence-corrected chi connectivity index (χ0v) is 16.2. The first kappa shape index (κ1) is 18.1. The number of ether oxygens (including phenoxy) is 1. The molecule has 0 aliphatic carbocycles. The number of hydrogen-bond acceptors (Lipinski definition) is 5. The first-order valence-corrected chi connectivity index (χ1v) is 9.98. The topological polar surface area (TPSA) is 59.0 Å². The maximum Gasteiger partial charge on any atom is 0.339 e. The summed E-state index contributed by atoms with van der Waals surface area (Å²) in [6, 6.07) is 14.3. The fraction of sp³-hybridized carbons (Fsp3) is 0.250. The number of amidine groups is 1. The molecule has 4 rings (SSSR count). The second-order valence-electron chi connectivity index (χ2n) is 6.48. The summed E-state index contributed by atoms with van der Waals surface area (Å²) in [7, 11) is 0. The van der Waals surface area contributed by atoms with Gasteiger partial charge < -0.3 is 4.74 Å². The van der Waals surface area contributed by atoms with Crippen LogP contribution in [-0.4, -0.2) is 34.9 Å². The minimum absolute atomic E-state index is 0.127. The van der Waals surface area contributed by atoms with Crippen molar-refractivity contribution >= 4 is 46.1 Å². The number of thioether (sulfide) groups is 1. The van der Waals surface area contributed by atoms with Crippen molar-refractivity contribution in [2.24, 2.45) is 4.99 Å². The molecule has 2 aromatic rings. The van der Waals surface area contributed by atoms with Gasteiger partial charge in [0.25, 0.3) is 5.91 Å². The van der Waals surface area contributed by atoms with Gasteiger partial charge in [-0.05, 0) is 42.8 Å². The number of anilines is 1. The van der Waals surface area contributed by atoms with E-state index in [0.717, 1.165) is 11.3 Å². The molecule has 0 fully saturated rings. The SMILES string of the molecule is CC1CSC(N(C(=O)C2Cc3ccccc3C(=O)O2)c2ccc(Cl)cc2)=N1. The summed E-state index contributed by atoms with van der Waals surface area (Å²) in [5.41, 5.74) is 1.98. The molecular formula is C20H17ClN2O3S. The summed E-state index contributed by atoms with van der Waals surface area (Å²) in [6.07, 6.45) is -0.541. The van der Waals surface area contributed by atoms with Gasteiger partial charge in [-0.3, -0.25) is 14.7 Å². The van der Waals surface area contributed by atoms with Crippen LogP contribution in [0, 0.1) is 0 Å². The molecule has 7 heteroatoms. The van der Waals surface area contributed by atoms with Crippen LogP contribution in [0.15, 0.2) is 53.5 Å². The third-order valence-electron chi connectivity index (χ3n) is 4.45. The number of aliphatic imine (C=N–C) groups is 1. The quantitative estimate of drug-likeness (QED) is 0.716. The molecule has 2 aliphatic rings. The molecule has 138 valence electrons. The Morgan fingerprint density at radius 3 is 2.67 bits per heavy atom. The number of fused-ring (bicyclic) bond motifs is 1. The Labute approximate surface area is 166 Å². The summed E-state index contributed by atoms with van der Waals surface area (Å²) in [5.74, 6) is 0.0288. The van der Waals surface area contributed by atoms with Gasteiger partial charge in [0.2, 0.25) is 0 Å². The van der Waals surface area contributed by atoms with Crippen LogP contribution in [0.3, 0.4) is 0 Å². The van der Waals surface area contributed by atoms with Crippen molar-refractivity contribution in [2.75, 3.05) is 10.7 Å². The van der Waals surface area contributed by atoms with Crippen LogP contribution in [0.2, 0.25) is 5.02 Å². The number of rotatable bonds is 2. The molecule has 0 aromatic heterocycles. The maximum atomic E-state index is 13.4. The van der Waals surface area contributed by atoms with Gasteiger partial charge in [0.15, 0.2) is 11.3 Å². The van der Waals surface area contributed by atoms with Gasteiger partial charge in [-0.15, -0.1) is 0 Å². The molecule has 2 aromatic carbocycles. The molecule has 2 atom stereocenters. The van der Waals surface area contributed by atoms with Crippen molar-refractivity contribution < 1.29 is 14.3 Å². The van der Waals surface area contributed by atoms with E-state index in [1.807, 2.05) is 19.1 Å². The maximum absolute atomic E-state index is 13.4. The number of halogens is 1. The van der Waals surface area contributed by atoms with Crippen molar-refractivity contribution in [3.05, 3.63) is 64.7 Å². The molecule has 27 heavy (non-hydrogen) atoms. The van der Waals surface area contributed by atoms with Crippen molar-refractivity contribution in [1.29, 1.82) is 0 Å². The van der Waals surface area contributed by atoms with E-state index < -0.39 is 12.1 Å². The Bertz CT molecular complexity index is 929. The zero-order valence-electron chi connectivity index (χ0n) is 14.6. The van der Waals surface area contributed by atoms with Crippen LogP contribution in [0.25, 0.3) is 0 Å². The fourth-order valence-electron chi connectivity index (χ4n) is 3.12. The van der Waals surface area contributed by atoms with Gasteiger partial charge >= 0.3 is 5.97 Å². The van der Waals surface area contributed by atoms with Crippen LogP contribution in [0.5, 0.6) is 0 Å². The van der Waals surface area contributed by atoms with Gasteiger partial charge in [-0.2, -0.15) is 0 Å². The summed E-state index contributed by atoms with van der Waals surface area (Å²) in [5, 5.41) is 1.20. The molecule has 2 unspecified atom stereocenters. The van der Waals surface area contributed by atoms with Crippen LogP contribution >= 0.6 is 23.4 Å².